The lowest BCUT2D eigenvalue weighted by atomic mass is 9.77. The molecule has 8 heteroatoms. The minimum atomic E-state index is -1.07. The molecule has 1 aliphatic carbocycles. The molecule has 7 nitrogen and oxygen atoms in total. The Labute approximate surface area is 239 Å². The Hall–Kier alpha value is -3.18. The zero-order valence-corrected chi connectivity index (χ0v) is 23.9. The van der Waals surface area contributed by atoms with Crippen LogP contribution in [0.5, 0.6) is 0 Å². The number of carbonyl (C=O) groups excluding carboxylic acids is 1. The van der Waals surface area contributed by atoms with Crippen molar-refractivity contribution >= 4 is 28.4 Å². The summed E-state index contributed by atoms with van der Waals surface area (Å²) in [7, 11) is 1.71. The summed E-state index contributed by atoms with van der Waals surface area (Å²) in [6.45, 7) is 3.01. The number of aliphatic hydroxyl groups is 1. The maximum atomic E-state index is 13.7. The topological polar surface area (TPSA) is 93.4 Å². The van der Waals surface area contributed by atoms with Gasteiger partial charge in [-0.15, -0.1) is 0 Å². The first kappa shape index (κ1) is 28.4. The average Bonchev–Trinajstić information content (AvgIpc) is 2.95. The molecule has 5 rings (SSSR count). The number of hydrogen-bond donors (Lipinski definition) is 2. The molecule has 3 atom stereocenters. The van der Waals surface area contributed by atoms with Gasteiger partial charge in [0.1, 0.15) is 5.60 Å². The molecular weight excluding hydrogens is 526 g/mol. The molecule has 0 radical (unpaired) electrons. The Kier molecular flexibility index (Phi) is 8.60. The van der Waals surface area contributed by atoms with E-state index in [0.29, 0.717) is 34.3 Å². The lowest BCUT2D eigenvalue weighted by molar-refractivity contribution is 0.0126. The van der Waals surface area contributed by atoms with Crippen LogP contribution in [-0.2, 0) is 24.8 Å². The summed E-state index contributed by atoms with van der Waals surface area (Å²) in [5, 5.41) is 19.4. The maximum absolute atomic E-state index is 13.7. The van der Waals surface area contributed by atoms with Crippen LogP contribution in [0, 0.1) is 17.8 Å². The lowest BCUT2D eigenvalue weighted by Gasteiger charge is -2.33. The van der Waals surface area contributed by atoms with Gasteiger partial charge in [-0.1, -0.05) is 48.9 Å². The molecule has 1 saturated heterocycles. The van der Waals surface area contributed by atoms with E-state index in [9.17, 15) is 14.7 Å². The van der Waals surface area contributed by atoms with Crippen LogP contribution >= 0.6 is 11.6 Å². The zero-order chi connectivity index (χ0) is 28.3. The Bertz CT molecular complexity index is 1520. The van der Waals surface area contributed by atoms with Gasteiger partial charge in [-0.05, 0) is 86.3 Å². The standard InChI is InChI=1S/C32H36ClN3O4/c1-21-7-3-5-14-32(21,39)15-13-24-17-23(18-26-8-4-6-16-40-26)19-27-29(24)36(2)35-28(30(27)37)31(38)34-20-22-9-11-25(33)12-10-22/h9-12,17,19,21,26,39H,3-8,14,16,18,20H2,1-2H3,(H,34,38)/t21-,26?,32+/m1/s1. The first-order valence-corrected chi connectivity index (χ1v) is 14.5. The molecule has 3 aromatic rings. The summed E-state index contributed by atoms with van der Waals surface area (Å²) >= 11 is 5.96. The predicted molar refractivity (Wildman–Crippen MR) is 156 cm³/mol. The maximum Gasteiger partial charge on any atom is 0.276 e. The van der Waals surface area contributed by atoms with Crippen LogP contribution in [0.4, 0.5) is 0 Å². The largest absolute Gasteiger partial charge is 0.378 e. The van der Waals surface area contributed by atoms with Gasteiger partial charge in [-0.2, -0.15) is 5.10 Å². The van der Waals surface area contributed by atoms with Gasteiger partial charge in [0.25, 0.3) is 5.91 Å². The number of amides is 1. The molecule has 210 valence electrons. The summed E-state index contributed by atoms with van der Waals surface area (Å²) in [5.41, 5.74) is 1.26. The first-order chi connectivity index (χ1) is 19.2. The van der Waals surface area contributed by atoms with Crippen LogP contribution in [0.2, 0.25) is 5.02 Å². The molecule has 1 unspecified atom stereocenters. The number of hydrogen-bond acceptors (Lipinski definition) is 5. The van der Waals surface area contributed by atoms with Crippen LogP contribution < -0.4 is 10.7 Å². The molecule has 2 aliphatic rings. The second-order valence-corrected chi connectivity index (χ2v) is 11.6. The zero-order valence-electron chi connectivity index (χ0n) is 23.1. The summed E-state index contributed by atoms with van der Waals surface area (Å²) < 4.78 is 7.52. The summed E-state index contributed by atoms with van der Waals surface area (Å²) in [6, 6.07) is 11.0. The highest BCUT2D eigenvalue weighted by Crippen LogP contribution is 2.33. The molecule has 1 saturated carbocycles. The van der Waals surface area contributed by atoms with E-state index in [1.54, 1.807) is 23.9 Å². The smallest absolute Gasteiger partial charge is 0.276 e. The molecule has 1 aliphatic heterocycles. The van der Waals surface area contributed by atoms with E-state index in [0.717, 1.165) is 56.3 Å². The Morgan fingerprint density at radius 2 is 1.95 bits per heavy atom. The van der Waals surface area contributed by atoms with Gasteiger partial charge in [0.15, 0.2) is 5.69 Å². The number of aromatic nitrogens is 2. The highest BCUT2D eigenvalue weighted by atomic mass is 35.5. The predicted octanol–water partition coefficient (Wildman–Crippen LogP) is 4.92. The summed E-state index contributed by atoms with van der Waals surface area (Å²) in [4.78, 5) is 26.8. The lowest BCUT2D eigenvalue weighted by Crippen LogP contribution is -2.37. The minimum absolute atomic E-state index is 0.0664. The van der Waals surface area contributed by atoms with Crippen molar-refractivity contribution in [2.45, 2.75) is 76.5 Å². The molecule has 2 fully saturated rings. The van der Waals surface area contributed by atoms with Gasteiger partial charge >= 0.3 is 0 Å². The van der Waals surface area contributed by atoms with Gasteiger partial charge in [0.05, 0.1) is 22.6 Å². The summed E-state index contributed by atoms with van der Waals surface area (Å²) in [5.74, 6) is 5.90. The number of nitrogens with zero attached hydrogens (tertiary/aromatic N) is 2. The van der Waals surface area contributed by atoms with E-state index >= 15 is 0 Å². The minimum Gasteiger partial charge on any atom is -0.378 e. The molecule has 40 heavy (non-hydrogen) atoms. The van der Waals surface area contributed by atoms with E-state index in [2.05, 4.69) is 22.3 Å². The van der Waals surface area contributed by atoms with Crippen molar-refractivity contribution in [1.82, 2.24) is 15.1 Å². The van der Waals surface area contributed by atoms with Gasteiger partial charge in [-0.25, -0.2) is 0 Å². The molecule has 0 bridgehead atoms. The third kappa shape index (κ3) is 6.25. The normalized spacial score (nSPS) is 22.9. The van der Waals surface area contributed by atoms with Gasteiger partial charge in [0.2, 0.25) is 5.43 Å². The Morgan fingerprint density at radius 3 is 2.67 bits per heavy atom. The number of ether oxygens (including phenoxy) is 1. The number of halogens is 1. The van der Waals surface area contributed by atoms with E-state index in [1.807, 2.05) is 31.2 Å². The molecule has 2 heterocycles. The Balaban J connectivity index is 1.54. The molecular formula is C32H36ClN3O4. The fourth-order valence-electron chi connectivity index (χ4n) is 5.74. The number of rotatable bonds is 5. The number of aryl methyl sites for hydroxylation is 1. The fourth-order valence-corrected chi connectivity index (χ4v) is 5.87. The highest BCUT2D eigenvalue weighted by molar-refractivity contribution is 6.30. The average molecular weight is 562 g/mol. The van der Waals surface area contributed by atoms with Crippen molar-refractivity contribution in [3.63, 3.8) is 0 Å². The van der Waals surface area contributed by atoms with Crippen molar-refractivity contribution < 1.29 is 14.6 Å². The van der Waals surface area contributed by atoms with Crippen molar-refractivity contribution in [3.05, 3.63) is 74.0 Å². The van der Waals surface area contributed by atoms with E-state index in [4.69, 9.17) is 16.3 Å². The third-order valence-corrected chi connectivity index (χ3v) is 8.45. The SMILES string of the molecule is C[C@@H]1CCCC[C@]1(O)C#Cc1cc(CC2CCCCO2)cc2c(=O)c(C(=O)NCc3ccc(Cl)cc3)nn(C)c12. The molecule has 1 aromatic heterocycles. The number of fused-ring (bicyclic) bond motifs is 1. The van der Waals surface area contributed by atoms with Gasteiger partial charge < -0.3 is 15.2 Å². The van der Waals surface area contributed by atoms with Gasteiger partial charge in [0, 0.05) is 25.2 Å². The fraction of sp³-hybridized carbons (Fsp3) is 0.469. The van der Waals surface area contributed by atoms with Crippen molar-refractivity contribution in [2.24, 2.45) is 13.0 Å². The molecule has 2 N–H and O–H groups in total. The van der Waals surface area contributed by atoms with Crippen LogP contribution in [-0.4, -0.2) is 39.1 Å². The van der Waals surface area contributed by atoms with Crippen LogP contribution in [0.25, 0.3) is 10.9 Å². The van der Waals surface area contributed by atoms with Crippen LogP contribution in [0.3, 0.4) is 0 Å². The second-order valence-electron chi connectivity index (χ2n) is 11.2. The third-order valence-electron chi connectivity index (χ3n) is 8.20. The Morgan fingerprint density at radius 1 is 1.18 bits per heavy atom. The molecule has 2 aromatic carbocycles. The molecule has 0 spiro atoms. The van der Waals surface area contributed by atoms with Crippen LogP contribution in [0.1, 0.15) is 79.0 Å². The number of nitrogens with one attached hydrogen (secondary N) is 1. The summed E-state index contributed by atoms with van der Waals surface area (Å²) in [6.07, 6.45) is 7.43. The van der Waals surface area contributed by atoms with Crippen LogP contribution in [0.15, 0.2) is 41.2 Å². The van der Waals surface area contributed by atoms with E-state index in [1.165, 1.54) is 0 Å². The van der Waals surface area contributed by atoms with Gasteiger partial charge in [-0.3, -0.25) is 14.3 Å². The molecule has 1 amide bonds. The van der Waals surface area contributed by atoms with Crippen molar-refractivity contribution in [2.75, 3.05) is 6.61 Å². The van der Waals surface area contributed by atoms with E-state index < -0.39 is 16.9 Å². The highest BCUT2D eigenvalue weighted by Gasteiger charge is 2.34. The van der Waals surface area contributed by atoms with Crippen molar-refractivity contribution in [3.8, 4) is 11.8 Å². The monoisotopic (exact) mass is 561 g/mol. The number of carbonyl (C=O) groups is 1. The second kappa shape index (κ2) is 12.1. The van der Waals surface area contributed by atoms with Crippen molar-refractivity contribution in [1.29, 1.82) is 0 Å². The van der Waals surface area contributed by atoms with E-state index in [-0.39, 0.29) is 24.3 Å². The quantitative estimate of drug-likeness (QED) is 0.431. The number of benzene rings is 2. The first-order valence-electron chi connectivity index (χ1n) is 14.2.